The summed E-state index contributed by atoms with van der Waals surface area (Å²) in [4.78, 5) is 0. The van der Waals surface area contributed by atoms with Crippen molar-refractivity contribution in [2.24, 2.45) is 42.3 Å². The number of nitrogens with zero attached hydrogens (tertiary/aromatic N) is 6. The van der Waals surface area contributed by atoms with Crippen LogP contribution in [0.4, 0.5) is 0 Å². The molecule has 20 heteroatoms. The topological polar surface area (TPSA) is 23.3 Å². The summed E-state index contributed by atoms with van der Waals surface area (Å²) in [5.41, 5.74) is 15.3. The molecule has 0 spiro atoms. The maximum Gasteiger partial charge on any atom is 0.198 e. The average Bonchev–Trinajstić information content (AvgIpc) is 1.34. The lowest BCUT2D eigenvalue weighted by atomic mass is 9.99. The van der Waals surface area contributed by atoms with E-state index in [-0.39, 0.29) is 29.7 Å². The molecule has 7 aromatic carbocycles. The Morgan fingerprint density at radius 1 is 0.274 bits per heavy atom. The van der Waals surface area contributed by atoms with Crippen molar-refractivity contribution in [3.05, 3.63) is 209 Å². The second-order valence-corrected chi connectivity index (χ2v) is 85.1. The summed E-state index contributed by atoms with van der Waals surface area (Å²) < 4.78 is 28.8. The lowest BCUT2D eigenvalue weighted by molar-refractivity contribution is -0.677. The predicted molar refractivity (Wildman–Crippen MR) is 634 cm³/mol. The van der Waals surface area contributed by atoms with Crippen LogP contribution in [0.2, 0.25) is 140 Å². The van der Waals surface area contributed by atoms with Gasteiger partial charge in [0.15, 0.2) is 71.3 Å². The fourth-order valence-electron chi connectivity index (χ4n) is 25.4. The molecule has 708 valence electrons. The van der Waals surface area contributed by atoms with E-state index < -0.39 is 75.6 Å². The molecule has 6 aliphatic heterocycles. The number of fused-ring (bicyclic) bond motifs is 28. The molecule has 0 fully saturated rings. The van der Waals surface area contributed by atoms with Gasteiger partial charge in [0.25, 0.3) is 0 Å². The van der Waals surface area contributed by atoms with E-state index in [4.69, 9.17) is 0 Å². The van der Waals surface area contributed by atoms with Gasteiger partial charge in [-0.2, -0.15) is 0 Å². The summed E-state index contributed by atoms with van der Waals surface area (Å²) in [6, 6.07) is 58.5. The number of hydrogen-bond acceptors (Lipinski definition) is 5. The van der Waals surface area contributed by atoms with Crippen molar-refractivity contribution >= 4 is 301 Å². The van der Waals surface area contributed by atoms with E-state index >= 15 is 0 Å². The molecular weight excluding hydrogens is 1880 g/mol. The number of hydrogen-bond donors (Lipinski definition) is 0. The normalized spacial score (nSPS) is 18.1. The summed E-state index contributed by atoms with van der Waals surface area (Å²) in [6.07, 6.45) is 23.9. The van der Waals surface area contributed by atoms with E-state index in [1.165, 1.54) is 197 Å². The van der Waals surface area contributed by atoms with Gasteiger partial charge in [-0.1, -0.05) is 278 Å². The number of aryl methyl sites for hydroxylation is 15. The lowest BCUT2D eigenvalue weighted by Crippen LogP contribution is -2.58. The zero-order valence-corrected chi connectivity index (χ0v) is 97.3. The van der Waals surface area contributed by atoms with E-state index in [9.17, 15) is 0 Å². The number of thiophene rings is 5. The molecule has 0 radical (unpaired) electrons. The highest BCUT2D eigenvalue weighted by atomic mass is 32.1. The highest BCUT2D eigenvalue weighted by Gasteiger charge is 2.43. The second-order valence-electron chi connectivity index (χ2n) is 43.4. The van der Waals surface area contributed by atoms with Crippen LogP contribution < -0.4 is 74.1 Å². The van der Waals surface area contributed by atoms with Gasteiger partial charge in [-0.05, 0) is 128 Å². The first-order valence-corrected chi connectivity index (χ1v) is 80.1. The van der Waals surface area contributed by atoms with Crippen LogP contribution in [-0.2, 0) is 100 Å². The number of benzene rings is 7. The Balaban J connectivity index is 0.000000123. The van der Waals surface area contributed by atoms with Crippen molar-refractivity contribution in [3.8, 4) is 0 Å². The second kappa shape index (κ2) is 39.1. The van der Waals surface area contributed by atoms with Gasteiger partial charge in [-0.3, -0.25) is 0 Å². The summed E-state index contributed by atoms with van der Waals surface area (Å²) in [5, 5.41) is 37.2. The van der Waals surface area contributed by atoms with Crippen molar-refractivity contribution in [3.63, 3.8) is 0 Å². The van der Waals surface area contributed by atoms with Crippen molar-refractivity contribution in [2.45, 2.75) is 269 Å². The Bertz CT molecular complexity index is 7710. The van der Waals surface area contributed by atoms with Gasteiger partial charge >= 0.3 is 0 Å². The predicted octanol–water partition coefficient (Wildman–Crippen LogP) is 23.2. The molecule has 11 aromatic heterocycles. The molecule has 0 saturated carbocycles. The third-order valence-electron chi connectivity index (χ3n) is 32.7. The minimum Gasteiger partial charge on any atom is -0.205 e. The minimum absolute atomic E-state index is 0. The maximum absolute atomic E-state index is 2.61. The van der Waals surface area contributed by atoms with E-state index in [1.54, 1.807) is 80.2 Å². The number of aromatic nitrogens is 6. The average molecular weight is 2040 g/mol. The molecule has 6 nitrogen and oxygen atoms in total. The van der Waals surface area contributed by atoms with Crippen molar-refractivity contribution in [1.29, 1.82) is 0 Å². The molecule has 24 rings (SSSR count). The van der Waals surface area contributed by atoms with Gasteiger partial charge in [0, 0.05) is 147 Å². The van der Waals surface area contributed by atoms with E-state index in [0.717, 1.165) is 38.5 Å². The fraction of sp³-hybridized carbons (Fsp3) is 0.409. The van der Waals surface area contributed by atoms with Gasteiger partial charge in [0.2, 0.25) is 0 Å². The largest absolute Gasteiger partial charge is 0.205 e. The molecule has 0 aliphatic carbocycles. The van der Waals surface area contributed by atoms with E-state index in [2.05, 4.69) is 361 Å². The third-order valence-corrected chi connectivity index (χ3v) is 72.6. The minimum atomic E-state index is -1.30. The van der Waals surface area contributed by atoms with Crippen LogP contribution in [0.3, 0.4) is 0 Å². The quantitative estimate of drug-likeness (QED) is 0.0900. The van der Waals surface area contributed by atoms with Gasteiger partial charge in [0.1, 0.15) is 65.8 Å². The summed E-state index contributed by atoms with van der Waals surface area (Å²) in [5.74, 6) is 0. The molecule has 0 amide bonds. The Kier molecular flexibility index (Phi) is 29.7. The standard InChI is InChI=1S/C20H24NSi.2C19H26NSSi2.C18H24NSSi2.C18H22NSSi.C17H20NSSi.4CH4/c1-5-19-17-13-18-15(12-16(17)8-10-21(19)2)7-6-14-9-11-22(3,4)20(14)18;1-6-15-19-13(7-8-20(15)2)14-11-18-17(12-16(14)21-19)22(3)9-10-23(18,4)5;1-6-14-18-13(9-10-20(14)2)17-15(21-18)7-8-16-19(17)23(4,5)12-11-22(16)3;1-6-13-17-12(9-10-19(13)2)16-14(20-17)7-8-15-18(16)22(4,5)11-21(15)3;1-5-14-17-13(8-10-19(14)2)16-15(20-17)7-6-12-9-11-21(3,4)18(12)16;1-4-13-17-12(7-9-18(13)2)16-11-8-10-20(3)15(11)6-5-14(16)19-17;;;;/h6-8,10,12-13H,5,9,11H2,1-4H3;7-8,11-12,22H,6,9-10H2,1-5H3;7-10,22H,6,11-12H2,1-5H3;7-10,21H,6,11H2,1-5H3;6-8,10H,5,9,11H2,1-4H3;5-7,9,20H,4,8,10H2,1-3H3;4*1H4/q6*+1;;;;. The highest BCUT2D eigenvalue weighted by molar-refractivity contribution is 7.28. The van der Waals surface area contributed by atoms with Crippen LogP contribution in [-0.4, -0.2) is 75.6 Å². The van der Waals surface area contributed by atoms with Crippen LogP contribution in [0.5, 0.6) is 0 Å². The van der Waals surface area contributed by atoms with Crippen LogP contribution in [0.1, 0.15) is 122 Å². The van der Waals surface area contributed by atoms with E-state index in [1.807, 2.05) is 67.1 Å². The summed E-state index contributed by atoms with van der Waals surface area (Å²) in [7, 11) is 3.96. The molecule has 0 saturated heterocycles. The summed E-state index contributed by atoms with van der Waals surface area (Å²) in [6.45, 7) is 49.5. The van der Waals surface area contributed by atoms with Crippen LogP contribution in [0.15, 0.2) is 159 Å². The fourth-order valence-corrected chi connectivity index (χ4v) is 73.4. The van der Waals surface area contributed by atoms with Gasteiger partial charge < -0.3 is 0 Å². The zero-order valence-electron chi connectivity index (χ0n) is 83.6. The monoisotopic (exact) mass is 2030 g/mol. The Morgan fingerprint density at radius 3 is 1.13 bits per heavy atom. The van der Waals surface area contributed by atoms with Crippen LogP contribution in [0, 0.1) is 0 Å². The smallest absolute Gasteiger partial charge is 0.198 e. The van der Waals surface area contributed by atoms with Gasteiger partial charge in [-0.15, -0.1) is 56.7 Å². The molecule has 0 N–H and O–H groups in total. The first kappa shape index (κ1) is 102. The first-order valence-electron chi connectivity index (χ1n) is 49.7. The third kappa shape index (κ3) is 17.6. The number of rotatable bonds is 6. The van der Waals surface area contributed by atoms with Crippen molar-refractivity contribution < 1.29 is 27.4 Å². The Morgan fingerprint density at radius 2 is 0.630 bits per heavy atom. The van der Waals surface area contributed by atoms with E-state index in [0.29, 0.717) is 0 Å². The molecule has 17 heterocycles. The molecular formula is C115H158N6S5Si9+6. The van der Waals surface area contributed by atoms with Crippen molar-refractivity contribution in [1.82, 2.24) is 0 Å². The van der Waals surface area contributed by atoms with Crippen molar-refractivity contribution in [2.75, 3.05) is 0 Å². The van der Waals surface area contributed by atoms with Gasteiger partial charge in [-0.25, -0.2) is 27.4 Å². The first-order chi connectivity index (χ1) is 62.5. The Labute approximate surface area is 841 Å². The summed E-state index contributed by atoms with van der Waals surface area (Å²) >= 11 is 10.0. The molecule has 135 heavy (non-hydrogen) atoms. The SMILES string of the molecule is C.C.C.C.CCc1c2cc3c4c(ccc3cc2cc[n+]1C)CC[Si]4(C)C.CCc1c2sc3cc4c(cc3c2cc[n+]1C)[Si](C)(C)CC[SiH]4C.CCc1c2sc3ccc4c(c3c2cc[n+]1C)CC[SiH]4C.CCc1c2sc3ccc4c(c3c2cc[n+]1C)[Si](C)(C)CC4.CCc1c2sc3ccc4c(c3c2cc[n+]1C)[Si](C)(C)CC[SiH]4C.CCc1c2sc3ccc4c(c3c2cc[n+]1C)[Si](C)(C)C[SiH]4C. The van der Waals surface area contributed by atoms with Gasteiger partial charge in [0.05, 0.1) is 75.6 Å². The maximum atomic E-state index is 2.61. The molecule has 0 bridgehead atoms. The lowest BCUT2D eigenvalue weighted by Gasteiger charge is -2.34. The van der Waals surface area contributed by atoms with Crippen LogP contribution in [0.25, 0.3) is 122 Å². The Hall–Kier alpha value is -6.99. The zero-order chi connectivity index (χ0) is 92.5. The molecule has 18 aromatic rings. The highest BCUT2D eigenvalue weighted by Crippen LogP contribution is 2.45. The van der Waals surface area contributed by atoms with Crippen LogP contribution >= 0.6 is 56.7 Å². The number of pyridine rings is 6. The molecule has 6 aliphatic rings. The molecule has 4 atom stereocenters. The molecule has 4 unspecified atom stereocenters.